The van der Waals surface area contributed by atoms with Crippen molar-refractivity contribution in [3.63, 3.8) is 0 Å². The maximum atomic E-state index is 9.87. The predicted molar refractivity (Wildman–Crippen MR) is 58.5 cm³/mol. The number of phenolic OH excluding ortho intramolecular Hbond substituents is 1. The van der Waals surface area contributed by atoms with Crippen LogP contribution in [0.4, 0.5) is 0 Å². The van der Waals surface area contributed by atoms with Gasteiger partial charge >= 0.3 is 0 Å². The minimum atomic E-state index is 0.416. The minimum Gasteiger partial charge on any atom is -0.507 e. The average molecular weight is 210 g/mol. The Balaban J connectivity index is 2.71. The van der Waals surface area contributed by atoms with E-state index in [2.05, 4.69) is 0 Å². The summed E-state index contributed by atoms with van der Waals surface area (Å²) in [6, 6.07) is 0. The van der Waals surface area contributed by atoms with Gasteiger partial charge in [-0.05, 0) is 31.9 Å². The molecule has 1 aliphatic rings. The molecule has 0 saturated carbocycles. The molecular formula is C11H14O2S. The summed E-state index contributed by atoms with van der Waals surface area (Å²) < 4.78 is 5.64. The molecule has 0 spiro atoms. The van der Waals surface area contributed by atoms with Crippen molar-refractivity contribution in [3.8, 4) is 11.5 Å². The van der Waals surface area contributed by atoms with Gasteiger partial charge in [0.25, 0.3) is 0 Å². The highest BCUT2D eigenvalue weighted by Crippen LogP contribution is 2.44. The van der Waals surface area contributed by atoms with Crippen LogP contribution in [0, 0.1) is 20.8 Å². The largest absolute Gasteiger partial charge is 0.507 e. The number of thioether (sulfide) groups is 1. The Kier molecular flexibility index (Phi) is 2.35. The van der Waals surface area contributed by atoms with Crippen LogP contribution in [0.25, 0.3) is 0 Å². The first-order valence-corrected chi connectivity index (χ1v) is 5.69. The lowest BCUT2D eigenvalue weighted by atomic mass is 10.0. The van der Waals surface area contributed by atoms with Gasteiger partial charge in [-0.15, -0.1) is 11.8 Å². The van der Waals surface area contributed by atoms with Crippen molar-refractivity contribution in [2.45, 2.75) is 25.7 Å². The molecule has 0 aliphatic carbocycles. The molecule has 3 heteroatoms. The van der Waals surface area contributed by atoms with Gasteiger partial charge in [-0.1, -0.05) is 0 Å². The summed E-state index contributed by atoms with van der Waals surface area (Å²) in [7, 11) is 0. The van der Waals surface area contributed by atoms with Gasteiger partial charge in [-0.3, -0.25) is 0 Å². The van der Waals surface area contributed by atoms with Crippen LogP contribution in [0.2, 0.25) is 0 Å². The van der Waals surface area contributed by atoms with Gasteiger partial charge in [0.15, 0.2) is 0 Å². The number of ether oxygens (including phenoxy) is 1. The normalized spacial score (nSPS) is 14.8. The lowest BCUT2D eigenvalue weighted by Gasteiger charge is -2.23. The maximum Gasteiger partial charge on any atom is 0.136 e. The Morgan fingerprint density at radius 1 is 1.14 bits per heavy atom. The molecule has 1 aliphatic heterocycles. The third-order valence-corrected chi connectivity index (χ3v) is 3.89. The molecule has 0 radical (unpaired) electrons. The van der Waals surface area contributed by atoms with Crippen molar-refractivity contribution >= 4 is 11.8 Å². The molecule has 1 aromatic carbocycles. The second-order valence-corrected chi connectivity index (χ2v) is 4.68. The van der Waals surface area contributed by atoms with Crippen LogP contribution >= 0.6 is 11.8 Å². The zero-order chi connectivity index (χ0) is 10.3. The van der Waals surface area contributed by atoms with Gasteiger partial charge < -0.3 is 9.84 Å². The van der Waals surface area contributed by atoms with Crippen LogP contribution in [0.3, 0.4) is 0 Å². The highest BCUT2D eigenvalue weighted by Gasteiger charge is 2.20. The van der Waals surface area contributed by atoms with Crippen molar-refractivity contribution in [3.05, 3.63) is 16.7 Å². The summed E-state index contributed by atoms with van der Waals surface area (Å²) in [5.74, 6) is 2.35. The Hall–Kier alpha value is -0.830. The standard InChI is InChI=1S/C11H14O2S/c1-6-7(2)10-11(8(3)9(6)12)14-5-4-13-10/h12H,4-5H2,1-3H3. The van der Waals surface area contributed by atoms with E-state index in [0.29, 0.717) is 5.75 Å². The summed E-state index contributed by atoms with van der Waals surface area (Å²) in [6.07, 6.45) is 0. The maximum absolute atomic E-state index is 9.87. The second-order valence-electron chi connectivity index (χ2n) is 3.58. The highest BCUT2D eigenvalue weighted by molar-refractivity contribution is 7.99. The second kappa shape index (κ2) is 3.39. The number of phenols is 1. The molecule has 0 atom stereocenters. The van der Waals surface area contributed by atoms with Crippen molar-refractivity contribution < 1.29 is 9.84 Å². The summed E-state index contributed by atoms with van der Waals surface area (Å²) in [5.41, 5.74) is 2.95. The van der Waals surface area contributed by atoms with E-state index in [9.17, 15) is 5.11 Å². The molecule has 1 heterocycles. The third kappa shape index (κ3) is 1.27. The fraction of sp³-hybridized carbons (Fsp3) is 0.455. The summed E-state index contributed by atoms with van der Waals surface area (Å²) in [4.78, 5) is 1.11. The molecule has 1 N–H and O–H groups in total. The molecule has 0 amide bonds. The molecule has 2 nitrogen and oxygen atoms in total. The smallest absolute Gasteiger partial charge is 0.136 e. The average Bonchev–Trinajstić information content (AvgIpc) is 2.23. The van der Waals surface area contributed by atoms with Crippen molar-refractivity contribution in [1.82, 2.24) is 0 Å². The van der Waals surface area contributed by atoms with Crippen LogP contribution in [-0.2, 0) is 0 Å². The molecule has 1 aromatic rings. The highest BCUT2D eigenvalue weighted by atomic mass is 32.2. The fourth-order valence-electron chi connectivity index (χ4n) is 1.71. The Morgan fingerprint density at radius 2 is 1.86 bits per heavy atom. The zero-order valence-corrected chi connectivity index (χ0v) is 9.49. The van der Waals surface area contributed by atoms with Crippen molar-refractivity contribution in [1.29, 1.82) is 0 Å². The monoisotopic (exact) mass is 210 g/mol. The first-order chi connectivity index (χ1) is 6.63. The number of hydrogen-bond donors (Lipinski definition) is 1. The fourth-order valence-corrected chi connectivity index (χ4v) is 2.74. The molecular weight excluding hydrogens is 196 g/mol. The first kappa shape index (κ1) is 9.71. The molecule has 76 valence electrons. The number of benzene rings is 1. The van der Waals surface area contributed by atoms with E-state index in [0.717, 1.165) is 39.7 Å². The Labute approximate surface area is 88.3 Å². The molecule has 0 aromatic heterocycles. The Morgan fingerprint density at radius 3 is 2.57 bits per heavy atom. The van der Waals surface area contributed by atoms with Gasteiger partial charge in [-0.2, -0.15) is 0 Å². The van der Waals surface area contributed by atoms with E-state index in [4.69, 9.17) is 4.74 Å². The van der Waals surface area contributed by atoms with Gasteiger partial charge in [0.2, 0.25) is 0 Å². The Bertz CT molecular complexity index is 349. The molecule has 0 fully saturated rings. The van der Waals surface area contributed by atoms with E-state index < -0.39 is 0 Å². The molecule has 0 bridgehead atoms. The number of hydrogen-bond acceptors (Lipinski definition) is 3. The minimum absolute atomic E-state index is 0.416. The summed E-state index contributed by atoms with van der Waals surface area (Å²) >= 11 is 1.77. The quantitative estimate of drug-likeness (QED) is 0.714. The molecule has 0 unspecified atom stereocenters. The third-order valence-electron chi connectivity index (χ3n) is 2.74. The predicted octanol–water partition coefficient (Wildman–Crippen LogP) is 2.80. The first-order valence-electron chi connectivity index (χ1n) is 4.71. The zero-order valence-electron chi connectivity index (χ0n) is 8.68. The molecule has 2 rings (SSSR count). The van der Waals surface area contributed by atoms with E-state index in [-0.39, 0.29) is 0 Å². The van der Waals surface area contributed by atoms with Crippen LogP contribution in [-0.4, -0.2) is 17.5 Å². The molecule has 14 heavy (non-hydrogen) atoms. The SMILES string of the molecule is Cc1c(C)c2c(c(C)c1O)SCCO2. The summed E-state index contributed by atoms with van der Waals surface area (Å²) in [6.45, 7) is 6.64. The van der Waals surface area contributed by atoms with Crippen LogP contribution in [0.5, 0.6) is 11.5 Å². The van der Waals surface area contributed by atoms with Gasteiger partial charge in [-0.25, -0.2) is 0 Å². The van der Waals surface area contributed by atoms with Crippen molar-refractivity contribution in [2.24, 2.45) is 0 Å². The van der Waals surface area contributed by atoms with E-state index in [1.165, 1.54) is 0 Å². The van der Waals surface area contributed by atoms with E-state index in [1.54, 1.807) is 11.8 Å². The number of aromatic hydroxyl groups is 1. The molecule has 0 saturated heterocycles. The number of rotatable bonds is 0. The van der Waals surface area contributed by atoms with Gasteiger partial charge in [0.1, 0.15) is 11.5 Å². The van der Waals surface area contributed by atoms with Crippen LogP contribution in [0.15, 0.2) is 4.90 Å². The van der Waals surface area contributed by atoms with Gasteiger partial charge in [0, 0.05) is 11.3 Å². The van der Waals surface area contributed by atoms with Crippen LogP contribution in [0.1, 0.15) is 16.7 Å². The summed E-state index contributed by atoms with van der Waals surface area (Å²) in [5, 5.41) is 9.87. The lowest BCUT2D eigenvalue weighted by molar-refractivity contribution is 0.324. The van der Waals surface area contributed by atoms with Gasteiger partial charge in [0.05, 0.1) is 11.5 Å². The van der Waals surface area contributed by atoms with E-state index >= 15 is 0 Å². The lowest BCUT2D eigenvalue weighted by Crippen LogP contribution is -2.09. The van der Waals surface area contributed by atoms with E-state index in [1.807, 2.05) is 20.8 Å². The topological polar surface area (TPSA) is 29.5 Å². The van der Waals surface area contributed by atoms with Crippen LogP contribution < -0.4 is 4.74 Å². The van der Waals surface area contributed by atoms with Crippen molar-refractivity contribution in [2.75, 3.05) is 12.4 Å². The number of fused-ring (bicyclic) bond motifs is 1.